The maximum atomic E-state index is 13.6. The van der Waals surface area contributed by atoms with Crippen LogP contribution in [0.4, 0.5) is 0 Å². The Morgan fingerprint density at radius 3 is 2.09 bits per heavy atom. The van der Waals surface area contributed by atoms with E-state index in [1.165, 1.54) is 4.90 Å². The highest BCUT2D eigenvalue weighted by Gasteiger charge is 2.41. The summed E-state index contributed by atoms with van der Waals surface area (Å²) in [4.78, 5) is 30.5. The second kappa shape index (κ2) is 9.41. The number of benzene rings is 3. The third-order valence-corrected chi connectivity index (χ3v) is 5.90. The first-order chi connectivity index (χ1) is 15.5. The second-order valence-electron chi connectivity index (χ2n) is 7.91. The van der Waals surface area contributed by atoms with E-state index in [1.54, 1.807) is 12.1 Å². The summed E-state index contributed by atoms with van der Waals surface area (Å²) in [5.74, 6) is -0.534. The molecule has 5 heteroatoms. The molecule has 4 rings (SSSR count). The number of likely N-dealkylation sites (N-methyl/N-ethyl adjacent to an activating group) is 1. The van der Waals surface area contributed by atoms with Gasteiger partial charge in [-0.2, -0.15) is 0 Å². The Morgan fingerprint density at radius 2 is 1.47 bits per heavy atom. The lowest BCUT2D eigenvalue weighted by molar-refractivity contribution is -0.138. The molecule has 2 amide bonds. The molecule has 0 spiro atoms. The monoisotopic (exact) mass is 444 g/mol. The zero-order chi connectivity index (χ0) is 22.7. The number of hydrogen-bond acceptors (Lipinski definition) is 3. The van der Waals surface area contributed by atoms with Gasteiger partial charge in [0.25, 0.3) is 11.8 Å². The SMILES string of the molecule is CCN(Cc1ccccc1)C1=C(c2ccc(C)cc2)C(=O)N(Cc2ccc(Cl)cc2)C1=O. The average Bonchev–Trinajstić information content (AvgIpc) is 3.05. The summed E-state index contributed by atoms with van der Waals surface area (Å²) in [6, 6.07) is 25.0. The van der Waals surface area contributed by atoms with Crippen LogP contribution in [0.5, 0.6) is 0 Å². The van der Waals surface area contributed by atoms with Crippen LogP contribution in [0.3, 0.4) is 0 Å². The van der Waals surface area contributed by atoms with Crippen molar-refractivity contribution in [3.05, 3.63) is 112 Å². The minimum atomic E-state index is -0.268. The van der Waals surface area contributed by atoms with Crippen molar-refractivity contribution in [1.82, 2.24) is 9.80 Å². The van der Waals surface area contributed by atoms with E-state index in [0.717, 1.165) is 22.3 Å². The summed E-state index contributed by atoms with van der Waals surface area (Å²) >= 11 is 6.00. The number of rotatable bonds is 7. The first-order valence-electron chi connectivity index (χ1n) is 10.7. The topological polar surface area (TPSA) is 40.6 Å². The number of amides is 2. The maximum Gasteiger partial charge on any atom is 0.278 e. The minimum Gasteiger partial charge on any atom is -0.362 e. The number of carbonyl (C=O) groups excluding carboxylic acids is 2. The van der Waals surface area contributed by atoms with Gasteiger partial charge < -0.3 is 4.90 Å². The molecule has 1 heterocycles. The van der Waals surface area contributed by atoms with E-state index in [0.29, 0.717) is 29.4 Å². The Morgan fingerprint density at radius 1 is 0.812 bits per heavy atom. The van der Waals surface area contributed by atoms with Crippen molar-refractivity contribution in [2.75, 3.05) is 6.54 Å². The van der Waals surface area contributed by atoms with E-state index in [2.05, 4.69) is 0 Å². The summed E-state index contributed by atoms with van der Waals surface area (Å²) < 4.78 is 0. The van der Waals surface area contributed by atoms with E-state index in [4.69, 9.17) is 11.6 Å². The van der Waals surface area contributed by atoms with Crippen molar-refractivity contribution in [1.29, 1.82) is 0 Å². The summed E-state index contributed by atoms with van der Waals surface area (Å²) in [5, 5.41) is 0.618. The van der Waals surface area contributed by atoms with Crippen molar-refractivity contribution < 1.29 is 9.59 Å². The number of imide groups is 1. The summed E-state index contributed by atoms with van der Waals surface area (Å²) in [6.45, 7) is 5.36. The fourth-order valence-electron chi connectivity index (χ4n) is 3.91. The standard InChI is InChI=1S/C27H25ClN2O2/c1-3-29(17-20-7-5-4-6-8-20)25-24(22-13-9-19(2)10-14-22)26(31)30(27(25)32)18-21-11-15-23(28)16-12-21/h4-16H,3,17-18H2,1-2H3. The highest BCUT2D eigenvalue weighted by molar-refractivity contribution is 6.35. The van der Waals surface area contributed by atoms with Crippen LogP contribution in [0.25, 0.3) is 5.57 Å². The van der Waals surface area contributed by atoms with E-state index < -0.39 is 0 Å². The largest absolute Gasteiger partial charge is 0.362 e. The van der Waals surface area contributed by atoms with Gasteiger partial charge in [-0.3, -0.25) is 14.5 Å². The third kappa shape index (κ3) is 4.46. The van der Waals surface area contributed by atoms with Crippen LogP contribution in [0.2, 0.25) is 5.02 Å². The van der Waals surface area contributed by atoms with Crippen molar-refractivity contribution in [2.24, 2.45) is 0 Å². The molecule has 0 N–H and O–H groups in total. The fraction of sp³-hybridized carbons (Fsp3) is 0.185. The van der Waals surface area contributed by atoms with E-state index >= 15 is 0 Å². The van der Waals surface area contributed by atoms with Crippen molar-refractivity contribution >= 4 is 29.0 Å². The first kappa shape index (κ1) is 21.8. The molecule has 0 atom stereocenters. The van der Waals surface area contributed by atoms with E-state index in [1.807, 2.05) is 85.5 Å². The van der Waals surface area contributed by atoms with Crippen LogP contribution < -0.4 is 0 Å². The van der Waals surface area contributed by atoms with Crippen LogP contribution in [-0.4, -0.2) is 28.2 Å². The number of halogens is 1. The zero-order valence-corrected chi connectivity index (χ0v) is 19.0. The number of hydrogen-bond donors (Lipinski definition) is 0. The maximum absolute atomic E-state index is 13.6. The molecule has 1 aliphatic heterocycles. The predicted octanol–water partition coefficient (Wildman–Crippen LogP) is 5.45. The van der Waals surface area contributed by atoms with Gasteiger partial charge in [0, 0.05) is 18.1 Å². The van der Waals surface area contributed by atoms with Gasteiger partial charge in [-0.25, -0.2) is 0 Å². The Kier molecular flexibility index (Phi) is 6.42. The molecule has 0 bridgehead atoms. The molecule has 3 aromatic rings. The van der Waals surface area contributed by atoms with Gasteiger partial charge in [0.2, 0.25) is 0 Å². The molecule has 32 heavy (non-hydrogen) atoms. The Hall–Kier alpha value is -3.37. The molecule has 4 nitrogen and oxygen atoms in total. The third-order valence-electron chi connectivity index (χ3n) is 5.65. The molecule has 0 saturated carbocycles. The van der Waals surface area contributed by atoms with Crippen LogP contribution in [0.1, 0.15) is 29.2 Å². The number of nitrogens with zero attached hydrogens (tertiary/aromatic N) is 2. The van der Waals surface area contributed by atoms with Crippen LogP contribution in [0.15, 0.2) is 84.6 Å². The normalized spacial score (nSPS) is 13.8. The van der Waals surface area contributed by atoms with Crippen LogP contribution in [-0.2, 0) is 22.7 Å². The molecule has 0 aliphatic carbocycles. The molecule has 0 unspecified atom stereocenters. The van der Waals surface area contributed by atoms with Gasteiger partial charge in [-0.1, -0.05) is 83.9 Å². The molecule has 0 aromatic heterocycles. The quantitative estimate of drug-likeness (QED) is 0.455. The van der Waals surface area contributed by atoms with Gasteiger partial charge in [0.1, 0.15) is 5.70 Å². The van der Waals surface area contributed by atoms with E-state index in [9.17, 15) is 9.59 Å². The van der Waals surface area contributed by atoms with Crippen LogP contribution >= 0.6 is 11.6 Å². The van der Waals surface area contributed by atoms with Gasteiger partial charge in [-0.15, -0.1) is 0 Å². The predicted molar refractivity (Wildman–Crippen MR) is 128 cm³/mol. The highest BCUT2D eigenvalue weighted by Crippen LogP contribution is 2.33. The highest BCUT2D eigenvalue weighted by atomic mass is 35.5. The lowest BCUT2D eigenvalue weighted by atomic mass is 10.0. The lowest BCUT2D eigenvalue weighted by Crippen LogP contribution is -2.34. The molecular weight excluding hydrogens is 420 g/mol. The van der Waals surface area contributed by atoms with Crippen molar-refractivity contribution in [3.8, 4) is 0 Å². The lowest BCUT2D eigenvalue weighted by Gasteiger charge is -2.25. The summed E-state index contributed by atoms with van der Waals surface area (Å²) in [6.07, 6.45) is 0. The Balaban J connectivity index is 1.75. The average molecular weight is 445 g/mol. The number of carbonyl (C=O) groups is 2. The molecule has 0 fully saturated rings. The molecule has 162 valence electrons. The first-order valence-corrected chi connectivity index (χ1v) is 11.1. The summed E-state index contributed by atoms with van der Waals surface area (Å²) in [5.41, 5.74) is 4.71. The molecule has 1 aliphatic rings. The molecule has 0 radical (unpaired) electrons. The van der Waals surface area contributed by atoms with Crippen molar-refractivity contribution in [2.45, 2.75) is 26.9 Å². The van der Waals surface area contributed by atoms with Gasteiger partial charge in [0.15, 0.2) is 0 Å². The molecule has 0 saturated heterocycles. The van der Waals surface area contributed by atoms with Gasteiger partial charge in [-0.05, 0) is 42.7 Å². The Bertz CT molecular complexity index is 1150. The summed E-state index contributed by atoms with van der Waals surface area (Å²) in [7, 11) is 0. The zero-order valence-electron chi connectivity index (χ0n) is 18.2. The van der Waals surface area contributed by atoms with Crippen molar-refractivity contribution in [3.63, 3.8) is 0 Å². The molecule has 3 aromatic carbocycles. The molecular formula is C27H25ClN2O2. The minimum absolute atomic E-state index is 0.205. The van der Waals surface area contributed by atoms with Crippen LogP contribution in [0, 0.1) is 6.92 Å². The number of aryl methyl sites for hydroxylation is 1. The smallest absolute Gasteiger partial charge is 0.278 e. The second-order valence-corrected chi connectivity index (χ2v) is 8.35. The van der Waals surface area contributed by atoms with Gasteiger partial charge >= 0.3 is 0 Å². The fourth-order valence-corrected chi connectivity index (χ4v) is 4.03. The van der Waals surface area contributed by atoms with E-state index in [-0.39, 0.29) is 18.4 Å². The van der Waals surface area contributed by atoms with Gasteiger partial charge in [0.05, 0.1) is 12.1 Å². The Labute approximate surface area is 193 Å².